The van der Waals surface area contributed by atoms with Gasteiger partial charge >= 0.3 is 5.97 Å². The standard InChI is InChI=1S/C31H31ClN2O5S/c1-16-15-24(17(2)40-16)28(36)25-26(19-9-13-23(14-10-19)33-18(3)35)31(4,30(38)39)34(29(37)21-5-6-21)27(25)20-7-11-22(32)12-8-20/h7-15,21,25-27H,5-6H2,1-4H3,(H,33,35)(H,38,39). The molecule has 2 aliphatic rings. The first-order valence-corrected chi connectivity index (χ1v) is 14.4. The minimum Gasteiger partial charge on any atom is -0.479 e. The second-order valence-corrected chi connectivity index (χ2v) is 12.8. The van der Waals surface area contributed by atoms with E-state index in [9.17, 15) is 24.3 Å². The number of ketones is 1. The lowest BCUT2D eigenvalue weighted by molar-refractivity contribution is -0.158. The first-order valence-electron chi connectivity index (χ1n) is 13.2. The molecule has 2 heterocycles. The summed E-state index contributed by atoms with van der Waals surface area (Å²) in [5.41, 5.74) is 0.635. The summed E-state index contributed by atoms with van der Waals surface area (Å²) < 4.78 is 0. The average Bonchev–Trinajstić information content (AvgIpc) is 3.64. The number of nitrogens with zero attached hydrogens (tertiary/aromatic N) is 1. The van der Waals surface area contributed by atoms with Crippen LogP contribution in [-0.2, 0) is 14.4 Å². The van der Waals surface area contributed by atoms with E-state index >= 15 is 0 Å². The fraction of sp³-hybridized carbons (Fsp3) is 0.355. The quantitative estimate of drug-likeness (QED) is 0.316. The molecule has 40 heavy (non-hydrogen) atoms. The van der Waals surface area contributed by atoms with Crippen molar-refractivity contribution in [2.45, 2.75) is 58.0 Å². The average molecular weight is 579 g/mol. The van der Waals surface area contributed by atoms with Gasteiger partial charge in [-0.3, -0.25) is 14.4 Å². The molecule has 1 saturated carbocycles. The molecule has 2 amide bonds. The van der Waals surface area contributed by atoms with Crippen LogP contribution in [0.3, 0.4) is 0 Å². The number of hydrogen-bond donors (Lipinski definition) is 2. The van der Waals surface area contributed by atoms with Crippen LogP contribution in [0.1, 0.15) is 69.9 Å². The van der Waals surface area contributed by atoms with Crippen LogP contribution in [0.2, 0.25) is 5.02 Å². The summed E-state index contributed by atoms with van der Waals surface area (Å²) in [6, 6.07) is 14.9. The third-order valence-corrected chi connectivity index (χ3v) is 9.31. The molecule has 1 saturated heterocycles. The van der Waals surface area contributed by atoms with Crippen molar-refractivity contribution in [2.24, 2.45) is 11.8 Å². The molecule has 0 radical (unpaired) electrons. The van der Waals surface area contributed by atoms with Gasteiger partial charge in [-0.25, -0.2) is 4.79 Å². The van der Waals surface area contributed by atoms with Gasteiger partial charge in [-0.2, -0.15) is 0 Å². The first-order chi connectivity index (χ1) is 18.9. The smallest absolute Gasteiger partial charge is 0.330 e. The fourth-order valence-electron chi connectivity index (χ4n) is 6.14. The molecule has 1 aromatic heterocycles. The Morgan fingerprint density at radius 2 is 1.60 bits per heavy atom. The Morgan fingerprint density at radius 1 is 1.00 bits per heavy atom. The number of hydrogen-bond acceptors (Lipinski definition) is 5. The third-order valence-electron chi connectivity index (χ3n) is 8.09. The lowest BCUT2D eigenvalue weighted by Gasteiger charge is -2.38. The maximum atomic E-state index is 14.6. The van der Waals surface area contributed by atoms with Crippen molar-refractivity contribution in [2.75, 3.05) is 5.32 Å². The molecule has 2 fully saturated rings. The summed E-state index contributed by atoms with van der Waals surface area (Å²) in [5, 5.41) is 14.1. The largest absolute Gasteiger partial charge is 0.479 e. The first kappa shape index (κ1) is 28.1. The second kappa shape index (κ2) is 10.5. The number of likely N-dealkylation sites (tertiary alicyclic amines) is 1. The van der Waals surface area contributed by atoms with E-state index in [0.29, 0.717) is 40.2 Å². The zero-order chi connectivity index (χ0) is 28.9. The highest BCUT2D eigenvalue weighted by molar-refractivity contribution is 7.12. The lowest BCUT2D eigenvalue weighted by Crippen LogP contribution is -2.54. The molecule has 3 aromatic rings. The van der Waals surface area contributed by atoms with Gasteiger partial charge in [0, 0.05) is 44.8 Å². The molecule has 0 bridgehead atoms. The van der Waals surface area contributed by atoms with Crippen LogP contribution in [0, 0.1) is 25.7 Å². The van der Waals surface area contributed by atoms with E-state index < -0.39 is 29.4 Å². The van der Waals surface area contributed by atoms with Crippen molar-refractivity contribution >= 4 is 52.2 Å². The van der Waals surface area contributed by atoms with Crippen LogP contribution in [0.25, 0.3) is 0 Å². The molecule has 5 rings (SSSR count). The molecule has 4 unspecified atom stereocenters. The van der Waals surface area contributed by atoms with Crippen LogP contribution in [0.4, 0.5) is 5.69 Å². The normalized spacial score (nSPS) is 24.1. The number of carbonyl (C=O) groups excluding carboxylic acids is 3. The minimum atomic E-state index is -1.72. The van der Waals surface area contributed by atoms with Crippen molar-refractivity contribution in [1.82, 2.24) is 4.90 Å². The van der Waals surface area contributed by atoms with Gasteiger partial charge in [-0.1, -0.05) is 35.9 Å². The summed E-state index contributed by atoms with van der Waals surface area (Å²) in [5.74, 6) is -3.88. The van der Waals surface area contributed by atoms with Crippen molar-refractivity contribution in [3.8, 4) is 0 Å². The highest BCUT2D eigenvalue weighted by atomic mass is 35.5. The van der Waals surface area contributed by atoms with E-state index in [-0.39, 0.29) is 23.5 Å². The van der Waals surface area contributed by atoms with Gasteiger partial charge in [0.05, 0.1) is 12.0 Å². The predicted octanol–water partition coefficient (Wildman–Crippen LogP) is 6.40. The Bertz CT molecular complexity index is 1490. The maximum absolute atomic E-state index is 14.6. The maximum Gasteiger partial charge on any atom is 0.330 e. The number of halogens is 1. The van der Waals surface area contributed by atoms with Gasteiger partial charge in [-0.05, 0) is 75.1 Å². The molecule has 2 aromatic carbocycles. The van der Waals surface area contributed by atoms with E-state index in [4.69, 9.17) is 11.6 Å². The Labute approximate surface area is 242 Å². The number of thiophene rings is 1. The monoisotopic (exact) mass is 578 g/mol. The SMILES string of the molecule is CC(=O)Nc1ccc(C2C(C(=O)c3cc(C)sc3C)C(c3ccc(Cl)cc3)N(C(=O)C3CC3)C2(C)C(=O)O)cc1. The van der Waals surface area contributed by atoms with Gasteiger partial charge < -0.3 is 15.3 Å². The molecule has 0 spiro atoms. The molecule has 4 atom stereocenters. The number of aliphatic carboxylic acids is 1. The van der Waals surface area contributed by atoms with Crippen LogP contribution in [0.5, 0.6) is 0 Å². The molecule has 1 aliphatic heterocycles. The van der Waals surface area contributed by atoms with Gasteiger partial charge in [-0.15, -0.1) is 11.3 Å². The number of Topliss-reactive ketones (excluding diaryl/α,β-unsaturated/α-hetero) is 1. The van der Waals surface area contributed by atoms with Gasteiger partial charge in [0.25, 0.3) is 0 Å². The zero-order valence-corrected chi connectivity index (χ0v) is 24.3. The molecule has 7 nitrogen and oxygen atoms in total. The number of rotatable bonds is 7. The van der Waals surface area contributed by atoms with Crippen molar-refractivity contribution in [3.63, 3.8) is 0 Å². The van der Waals surface area contributed by atoms with Crippen LogP contribution in [-0.4, -0.2) is 39.1 Å². The number of carboxylic acids is 1. The number of carboxylic acid groups (broad SMARTS) is 1. The summed E-state index contributed by atoms with van der Waals surface area (Å²) >= 11 is 7.72. The number of aryl methyl sites for hydroxylation is 2. The summed E-state index contributed by atoms with van der Waals surface area (Å²) in [4.78, 5) is 56.8. The molecule has 1 aliphatic carbocycles. The number of anilines is 1. The molecule has 9 heteroatoms. The topological polar surface area (TPSA) is 104 Å². The summed E-state index contributed by atoms with van der Waals surface area (Å²) in [6.07, 6.45) is 1.38. The Balaban J connectivity index is 1.77. The van der Waals surface area contributed by atoms with Crippen molar-refractivity contribution in [3.05, 3.63) is 86.1 Å². The van der Waals surface area contributed by atoms with Gasteiger partial charge in [0.1, 0.15) is 5.54 Å². The van der Waals surface area contributed by atoms with Gasteiger partial charge in [0.2, 0.25) is 11.8 Å². The Morgan fingerprint density at radius 3 is 2.10 bits per heavy atom. The summed E-state index contributed by atoms with van der Waals surface area (Å²) in [7, 11) is 0. The van der Waals surface area contributed by atoms with E-state index in [1.807, 2.05) is 19.9 Å². The molecular weight excluding hydrogens is 548 g/mol. The molecule has 208 valence electrons. The van der Waals surface area contributed by atoms with Crippen molar-refractivity contribution in [1.29, 1.82) is 0 Å². The third kappa shape index (κ3) is 4.84. The van der Waals surface area contributed by atoms with Crippen LogP contribution in [0.15, 0.2) is 54.6 Å². The lowest BCUT2D eigenvalue weighted by atomic mass is 9.71. The fourth-order valence-corrected chi connectivity index (χ4v) is 7.19. The minimum absolute atomic E-state index is 0.198. The van der Waals surface area contributed by atoms with E-state index in [1.54, 1.807) is 55.5 Å². The number of nitrogens with one attached hydrogen (secondary N) is 1. The van der Waals surface area contributed by atoms with E-state index in [0.717, 1.165) is 9.75 Å². The Kier molecular flexibility index (Phi) is 7.35. The number of amides is 2. The van der Waals surface area contributed by atoms with Crippen molar-refractivity contribution < 1.29 is 24.3 Å². The Hall–Kier alpha value is -3.49. The highest BCUT2D eigenvalue weighted by Gasteiger charge is 2.65. The highest BCUT2D eigenvalue weighted by Crippen LogP contribution is 2.58. The zero-order valence-electron chi connectivity index (χ0n) is 22.7. The summed E-state index contributed by atoms with van der Waals surface area (Å²) in [6.45, 7) is 6.79. The van der Waals surface area contributed by atoms with E-state index in [2.05, 4.69) is 5.32 Å². The van der Waals surface area contributed by atoms with Gasteiger partial charge in [0.15, 0.2) is 5.78 Å². The predicted molar refractivity (Wildman–Crippen MR) is 155 cm³/mol. The number of benzene rings is 2. The van der Waals surface area contributed by atoms with Crippen LogP contribution < -0.4 is 5.32 Å². The van der Waals surface area contributed by atoms with Crippen LogP contribution >= 0.6 is 22.9 Å². The van der Waals surface area contributed by atoms with E-state index in [1.165, 1.54) is 23.2 Å². The molecular formula is C31H31ClN2O5S. The molecule has 2 N–H and O–H groups in total. The number of carbonyl (C=O) groups is 4. The second-order valence-electron chi connectivity index (χ2n) is 10.9.